The molecule has 5 aliphatic rings. The van der Waals surface area contributed by atoms with E-state index in [1.54, 1.807) is 29.3 Å². The highest BCUT2D eigenvalue weighted by molar-refractivity contribution is 7.80. The number of rotatable bonds is 5. The van der Waals surface area contributed by atoms with Crippen molar-refractivity contribution in [3.8, 4) is 5.75 Å². The fourth-order valence-electron chi connectivity index (χ4n) is 6.10. The molecule has 3 atom stereocenters. The van der Waals surface area contributed by atoms with E-state index in [0.717, 1.165) is 0 Å². The molecule has 1 saturated heterocycles. The molecule has 0 radical (unpaired) electrons. The van der Waals surface area contributed by atoms with Crippen LogP contribution in [0.2, 0.25) is 5.02 Å². The number of halogens is 4. The van der Waals surface area contributed by atoms with Crippen molar-refractivity contribution in [2.45, 2.75) is 67.9 Å². The van der Waals surface area contributed by atoms with Gasteiger partial charge >= 0.3 is 6.36 Å². The lowest BCUT2D eigenvalue weighted by Crippen LogP contribution is -2.79. The van der Waals surface area contributed by atoms with Crippen LogP contribution in [-0.4, -0.2) is 67.9 Å². The summed E-state index contributed by atoms with van der Waals surface area (Å²) in [5.74, 6) is 0.187. The molecule has 2 bridgehead atoms. The summed E-state index contributed by atoms with van der Waals surface area (Å²) in [5.41, 5.74) is 0.694. The molecule has 198 valence electrons. The molecule has 1 amide bonds. The van der Waals surface area contributed by atoms with Gasteiger partial charge in [0.15, 0.2) is 6.10 Å². The van der Waals surface area contributed by atoms with Gasteiger partial charge < -0.3 is 20.1 Å². The average Bonchev–Trinajstić information content (AvgIpc) is 3.44. The first-order chi connectivity index (χ1) is 17.4. The Labute approximate surface area is 220 Å². The van der Waals surface area contributed by atoms with Crippen molar-refractivity contribution in [3.05, 3.63) is 46.7 Å². The molecule has 2 N–H and O–H groups in total. The van der Waals surface area contributed by atoms with E-state index in [9.17, 15) is 23.1 Å². The summed E-state index contributed by atoms with van der Waals surface area (Å²) in [6.07, 6.45) is -1.28. The van der Waals surface area contributed by atoms with E-state index < -0.39 is 24.7 Å². The van der Waals surface area contributed by atoms with E-state index in [0.29, 0.717) is 52.7 Å². The number of aliphatic hydroxyl groups excluding tert-OH is 1. The van der Waals surface area contributed by atoms with Gasteiger partial charge in [0.25, 0.3) is 5.91 Å². The molecule has 13 heteroatoms. The third-order valence-corrected chi connectivity index (χ3v) is 8.50. The first-order valence-electron chi connectivity index (χ1n) is 12.0. The number of benzene rings is 1. The minimum atomic E-state index is -4.66. The normalized spacial score (nSPS) is 32.1. The number of alkyl halides is 3. The number of amides is 1. The van der Waals surface area contributed by atoms with E-state index in [2.05, 4.69) is 15.2 Å². The Morgan fingerprint density at radius 3 is 2.81 bits per heavy atom. The van der Waals surface area contributed by atoms with Gasteiger partial charge in [-0.2, -0.15) is 5.10 Å². The lowest BCUT2D eigenvalue weighted by Gasteiger charge is -2.70. The summed E-state index contributed by atoms with van der Waals surface area (Å²) < 4.78 is 49.4. The molecular weight excluding hydrogens is 533 g/mol. The molecule has 2 aliphatic heterocycles. The lowest BCUT2D eigenvalue weighted by molar-refractivity contribution is -0.340. The summed E-state index contributed by atoms with van der Waals surface area (Å²) in [6.45, 7) is 0.472. The van der Waals surface area contributed by atoms with Crippen LogP contribution in [0.5, 0.6) is 5.75 Å². The van der Waals surface area contributed by atoms with Crippen LogP contribution in [-0.2, 0) is 15.1 Å². The molecule has 1 aromatic heterocycles. The maximum absolute atomic E-state index is 12.9. The highest BCUT2D eigenvalue weighted by atomic mass is 35.5. The second kappa shape index (κ2) is 8.55. The third-order valence-electron chi connectivity index (χ3n) is 7.77. The number of aliphatic hydroxyl groups is 1. The van der Waals surface area contributed by atoms with E-state index >= 15 is 0 Å². The van der Waals surface area contributed by atoms with Gasteiger partial charge in [-0.25, -0.2) is 0 Å². The number of hydrogen-bond donors (Lipinski definition) is 2. The summed E-state index contributed by atoms with van der Waals surface area (Å²) in [7, 11) is 0. The Kier molecular flexibility index (Phi) is 5.76. The second-order valence-electron chi connectivity index (χ2n) is 10.5. The molecule has 8 nitrogen and oxygen atoms in total. The van der Waals surface area contributed by atoms with Gasteiger partial charge in [0.1, 0.15) is 10.7 Å². The van der Waals surface area contributed by atoms with Gasteiger partial charge in [-0.05, 0) is 43.9 Å². The highest BCUT2D eigenvalue weighted by Gasteiger charge is 2.70. The average molecular weight is 557 g/mol. The second-order valence-corrected chi connectivity index (χ2v) is 11.3. The molecule has 0 spiro atoms. The van der Waals surface area contributed by atoms with Gasteiger partial charge in [-0.15, -0.1) is 13.2 Å². The zero-order valence-corrected chi connectivity index (χ0v) is 21.1. The van der Waals surface area contributed by atoms with Crippen LogP contribution in [0, 0.1) is 0 Å². The fourth-order valence-corrected chi connectivity index (χ4v) is 6.56. The summed E-state index contributed by atoms with van der Waals surface area (Å²) in [5, 5.41) is 18.5. The molecule has 3 aliphatic carbocycles. The summed E-state index contributed by atoms with van der Waals surface area (Å²) in [6, 6.07) is 4.95. The third kappa shape index (κ3) is 4.47. The Balaban J connectivity index is 1.04. The maximum atomic E-state index is 12.9. The van der Waals surface area contributed by atoms with Gasteiger partial charge in [0, 0.05) is 47.4 Å². The zero-order chi connectivity index (χ0) is 26.2. The number of likely N-dealkylation sites (tertiary alicyclic amines) is 1. The first kappa shape index (κ1) is 24.9. The van der Waals surface area contributed by atoms with Crippen molar-refractivity contribution in [3.63, 3.8) is 0 Å². The summed E-state index contributed by atoms with van der Waals surface area (Å²) >= 11 is 11.5. The molecule has 2 aromatic rings. The molecular formula is C24H24ClF3N4O4S. The van der Waals surface area contributed by atoms with Gasteiger partial charge in [-0.1, -0.05) is 23.8 Å². The van der Waals surface area contributed by atoms with Crippen LogP contribution in [0.1, 0.15) is 49.3 Å². The SMILES string of the molecule is O=C(NC12CC(n3cc(C(=S)N4CC[C@H](OC(F)(F)F)C4)cn3)(C1)C2)[C@H]1C[C@@H](O)c2cc(Cl)ccc2O1. The van der Waals surface area contributed by atoms with Crippen molar-refractivity contribution in [1.29, 1.82) is 0 Å². The molecule has 7 rings (SSSR count). The molecule has 3 saturated carbocycles. The zero-order valence-electron chi connectivity index (χ0n) is 19.5. The molecule has 37 heavy (non-hydrogen) atoms. The van der Waals surface area contributed by atoms with Crippen LogP contribution >= 0.6 is 23.8 Å². The number of thiocarbonyl (C=S) groups is 1. The number of nitrogens with one attached hydrogen (secondary N) is 1. The Bertz CT molecular complexity index is 1250. The van der Waals surface area contributed by atoms with E-state index in [1.165, 1.54) is 0 Å². The predicted molar refractivity (Wildman–Crippen MR) is 129 cm³/mol. The highest BCUT2D eigenvalue weighted by Crippen LogP contribution is 2.65. The minimum absolute atomic E-state index is 0.0826. The quantitative estimate of drug-likeness (QED) is 0.545. The molecule has 0 unspecified atom stereocenters. The number of nitrogens with zero attached hydrogens (tertiary/aromatic N) is 3. The predicted octanol–water partition coefficient (Wildman–Crippen LogP) is 3.46. The monoisotopic (exact) mass is 556 g/mol. The Morgan fingerprint density at radius 2 is 2.08 bits per heavy atom. The van der Waals surface area contributed by atoms with E-state index in [-0.39, 0.29) is 36.4 Å². The smallest absolute Gasteiger partial charge is 0.480 e. The number of hydrogen-bond acceptors (Lipinski definition) is 6. The van der Waals surface area contributed by atoms with Crippen LogP contribution < -0.4 is 10.1 Å². The van der Waals surface area contributed by atoms with Crippen LogP contribution in [0.4, 0.5) is 13.2 Å². The minimum Gasteiger partial charge on any atom is -0.480 e. The topological polar surface area (TPSA) is 88.9 Å². The maximum Gasteiger partial charge on any atom is 0.522 e. The number of carbonyl (C=O) groups is 1. The standard InChI is InChI=1S/C24H24ClF3N4O4S/c25-14-1-2-18-16(5-14)17(33)6-19(35-18)20(34)30-22-10-23(11-22,12-22)32-8-13(7-29-32)21(37)31-4-3-15(9-31)36-24(26,27)28/h1-2,5,7-8,15,17,19,33H,3-4,6,9-12H2,(H,30,34)/t15-,17+,19+,22?,23?/m0/s1. The van der Waals surface area contributed by atoms with Crippen LogP contribution in [0.15, 0.2) is 30.6 Å². The van der Waals surface area contributed by atoms with Gasteiger partial charge in [-0.3, -0.25) is 14.2 Å². The number of carbonyl (C=O) groups excluding carboxylic acids is 1. The van der Waals surface area contributed by atoms with Gasteiger partial charge in [0.05, 0.1) is 23.9 Å². The lowest BCUT2D eigenvalue weighted by atomic mass is 9.44. The molecule has 4 fully saturated rings. The Morgan fingerprint density at radius 1 is 1.32 bits per heavy atom. The van der Waals surface area contributed by atoms with Crippen molar-refractivity contribution in [2.24, 2.45) is 0 Å². The van der Waals surface area contributed by atoms with E-state index in [1.807, 2.05) is 10.9 Å². The van der Waals surface area contributed by atoms with Crippen molar-refractivity contribution in [2.75, 3.05) is 13.1 Å². The number of aromatic nitrogens is 2. The van der Waals surface area contributed by atoms with Crippen molar-refractivity contribution in [1.82, 2.24) is 20.0 Å². The fraction of sp³-hybridized carbons (Fsp3) is 0.542. The summed E-state index contributed by atoms with van der Waals surface area (Å²) in [4.78, 5) is 15.1. The van der Waals surface area contributed by atoms with Crippen LogP contribution in [0.3, 0.4) is 0 Å². The Hall–Kier alpha value is -2.41. The number of fused-ring (bicyclic) bond motifs is 1. The van der Waals surface area contributed by atoms with Crippen molar-refractivity contribution >= 4 is 34.7 Å². The largest absolute Gasteiger partial charge is 0.522 e. The van der Waals surface area contributed by atoms with Crippen LogP contribution in [0.25, 0.3) is 0 Å². The van der Waals surface area contributed by atoms with Crippen molar-refractivity contribution < 1.29 is 32.5 Å². The molecule has 1 aromatic carbocycles. The molecule has 3 heterocycles. The number of ether oxygens (including phenoxy) is 2. The van der Waals surface area contributed by atoms with E-state index in [4.69, 9.17) is 28.6 Å². The van der Waals surface area contributed by atoms with Gasteiger partial charge in [0.2, 0.25) is 0 Å². The first-order valence-corrected chi connectivity index (χ1v) is 12.8.